The maximum absolute atomic E-state index is 13.2. The number of carbonyl (C=O) groups is 1. The van der Waals surface area contributed by atoms with E-state index in [1.54, 1.807) is 11.3 Å². The standard InChI is InChI=1S/C25H32N2OS/c1-17(2)19-14-12-18(13-15-19)16-26-25-23(21-10-6-7-11-22(21)29-25)24(28)27-20-8-4-3-5-9-20/h12-17,20H,3-11H2,1-2H3,(H,27,28)/b26-16-. The Balaban J connectivity index is 1.58. The molecule has 29 heavy (non-hydrogen) atoms. The number of hydrogen-bond donors (Lipinski definition) is 1. The van der Waals surface area contributed by atoms with Crippen LogP contribution in [0.2, 0.25) is 0 Å². The second-order valence-electron chi connectivity index (χ2n) is 8.78. The number of nitrogens with zero attached hydrogens (tertiary/aromatic N) is 1. The molecular formula is C25H32N2OS. The summed E-state index contributed by atoms with van der Waals surface area (Å²) in [5.41, 5.74) is 4.53. The summed E-state index contributed by atoms with van der Waals surface area (Å²) in [4.78, 5) is 19.4. The summed E-state index contributed by atoms with van der Waals surface area (Å²) in [6.07, 6.45) is 12.4. The number of benzene rings is 1. The number of rotatable bonds is 5. The van der Waals surface area contributed by atoms with Gasteiger partial charge in [0.1, 0.15) is 5.00 Å². The molecule has 1 heterocycles. The van der Waals surface area contributed by atoms with Gasteiger partial charge < -0.3 is 5.32 Å². The molecule has 154 valence electrons. The quantitative estimate of drug-likeness (QED) is 0.559. The van der Waals surface area contributed by atoms with E-state index in [0.29, 0.717) is 12.0 Å². The number of thiophene rings is 1. The summed E-state index contributed by atoms with van der Waals surface area (Å²) in [5, 5.41) is 4.21. The van der Waals surface area contributed by atoms with E-state index in [2.05, 4.69) is 43.4 Å². The number of hydrogen-bond acceptors (Lipinski definition) is 3. The normalized spacial score (nSPS) is 17.6. The average Bonchev–Trinajstić information content (AvgIpc) is 3.12. The number of fused-ring (bicyclic) bond motifs is 1. The van der Waals surface area contributed by atoms with Crippen molar-refractivity contribution in [2.45, 2.75) is 83.6 Å². The third kappa shape index (κ3) is 4.80. The van der Waals surface area contributed by atoms with Crippen LogP contribution in [0.3, 0.4) is 0 Å². The summed E-state index contributed by atoms with van der Waals surface area (Å²) in [6.45, 7) is 4.41. The minimum atomic E-state index is 0.0959. The van der Waals surface area contributed by atoms with Gasteiger partial charge in [-0.25, -0.2) is 4.99 Å². The third-order valence-corrected chi connectivity index (χ3v) is 7.45. The molecule has 1 saturated carbocycles. The van der Waals surface area contributed by atoms with E-state index in [1.165, 1.54) is 48.1 Å². The number of aliphatic imine (C=N–C) groups is 1. The lowest BCUT2D eigenvalue weighted by atomic mass is 9.93. The largest absolute Gasteiger partial charge is 0.349 e. The van der Waals surface area contributed by atoms with E-state index in [4.69, 9.17) is 4.99 Å². The molecule has 0 bridgehead atoms. The minimum Gasteiger partial charge on any atom is -0.349 e. The summed E-state index contributed by atoms with van der Waals surface area (Å²) >= 11 is 1.72. The van der Waals surface area contributed by atoms with E-state index < -0.39 is 0 Å². The molecule has 0 radical (unpaired) electrons. The molecule has 3 nitrogen and oxygen atoms in total. The molecule has 0 unspecified atom stereocenters. The van der Waals surface area contributed by atoms with E-state index in [-0.39, 0.29) is 5.91 Å². The van der Waals surface area contributed by atoms with Gasteiger partial charge in [0.25, 0.3) is 5.91 Å². The van der Waals surface area contributed by atoms with Crippen LogP contribution in [0.5, 0.6) is 0 Å². The molecule has 4 rings (SSSR count). The van der Waals surface area contributed by atoms with Crippen molar-refractivity contribution < 1.29 is 4.79 Å². The van der Waals surface area contributed by atoms with Gasteiger partial charge in [-0.3, -0.25) is 4.79 Å². The van der Waals surface area contributed by atoms with Gasteiger partial charge in [0.2, 0.25) is 0 Å². The predicted molar refractivity (Wildman–Crippen MR) is 123 cm³/mol. The minimum absolute atomic E-state index is 0.0959. The van der Waals surface area contributed by atoms with E-state index in [1.807, 2.05) is 6.21 Å². The molecular weight excluding hydrogens is 376 g/mol. The summed E-state index contributed by atoms with van der Waals surface area (Å²) in [7, 11) is 0. The summed E-state index contributed by atoms with van der Waals surface area (Å²) in [5.74, 6) is 0.624. The molecule has 1 aromatic carbocycles. The summed E-state index contributed by atoms with van der Waals surface area (Å²) in [6, 6.07) is 8.91. The maximum Gasteiger partial charge on any atom is 0.254 e. The van der Waals surface area contributed by atoms with Crippen molar-refractivity contribution >= 4 is 28.5 Å². The van der Waals surface area contributed by atoms with Gasteiger partial charge in [0, 0.05) is 17.1 Å². The van der Waals surface area contributed by atoms with E-state index >= 15 is 0 Å². The fraction of sp³-hybridized carbons (Fsp3) is 0.520. The lowest BCUT2D eigenvalue weighted by molar-refractivity contribution is 0.0927. The van der Waals surface area contributed by atoms with Crippen molar-refractivity contribution in [2.75, 3.05) is 0 Å². The molecule has 0 spiro atoms. The van der Waals surface area contributed by atoms with Gasteiger partial charge in [0.05, 0.1) is 5.56 Å². The van der Waals surface area contributed by atoms with Crippen LogP contribution < -0.4 is 5.32 Å². The topological polar surface area (TPSA) is 41.5 Å². The van der Waals surface area contributed by atoms with Crippen molar-refractivity contribution in [3.8, 4) is 0 Å². The zero-order valence-electron chi connectivity index (χ0n) is 17.7. The Morgan fingerprint density at radius 2 is 1.79 bits per heavy atom. The van der Waals surface area contributed by atoms with E-state index in [9.17, 15) is 4.79 Å². The molecule has 0 aliphatic heterocycles. The molecule has 2 aliphatic rings. The Hall–Kier alpha value is -1.94. The maximum atomic E-state index is 13.2. The second-order valence-corrected chi connectivity index (χ2v) is 9.86. The molecule has 4 heteroatoms. The Bertz CT molecular complexity index is 873. The molecule has 2 aliphatic carbocycles. The van der Waals surface area contributed by atoms with Crippen LogP contribution in [0.1, 0.15) is 96.6 Å². The van der Waals surface area contributed by atoms with Crippen LogP contribution in [0.15, 0.2) is 29.3 Å². The SMILES string of the molecule is CC(C)c1ccc(/C=N\c2sc3c(c2C(=O)NC2CCCCC2)CCCC3)cc1. The first-order chi connectivity index (χ1) is 14.1. The highest BCUT2D eigenvalue weighted by molar-refractivity contribution is 7.16. The number of amides is 1. The van der Waals surface area contributed by atoms with Crippen molar-refractivity contribution in [3.63, 3.8) is 0 Å². The Kier molecular flexibility index (Phi) is 6.49. The second kappa shape index (κ2) is 9.25. The molecule has 1 aromatic heterocycles. The van der Waals surface area contributed by atoms with Crippen molar-refractivity contribution in [3.05, 3.63) is 51.4 Å². The fourth-order valence-electron chi connectivity index (χ4n) is 4.48. The zero-order chi connectivity index (χ0) is 20.2. The monoisotopic (exact) mass is 408 g/mol. The van der Waals surface area contributed by atoms with Crippen LogP contribution in [-0.4, -0.2) is 18.2 Å². The Morgan fingerprint density at radius 3 is 2.52 bits per heavy atom. The van der Waals surface area contributed by atoms with Crippen molar-refractivity contribution in [2.24, 2.45) is 4.99 Å². The van der Waals surface area contributed by atoms with Gasteiger partial charge >= 0.3 is 0 Å². The number of nitrogens with one attached hydrogen (secondary N) is 1. The Labute approximate surface area is 178 Å². The summed E-state index contributed by atoms with van der Waals surface area (Å²) < 4.78 is 0. The van der Waals surface area contributed by atoms with Crippen LogP contribution in [-0.2, 0) is 12.8 Å². The van der Waals surface area contributed by atoms with Gasteiger partial charge in [-0.1, -0.05) is 57.4 Å². The van der Waals surface area contributed by atoms with Crippen molar-refractivity contribution in [1.29, 1.82) is 0 Å². The zero-order valence-corrected chi connectivity index (χ0v) is 18.5. The highest BCUT2D eigenvalue weighted by Gasteiger charge is 2.27. The van der Waals surface area contributed by atoms with Crippen LogP contribution in [0, 0.1) is 0 Å². The Morgan fingerprint density at radius 1 is 1.07 bits per heavy atom. The molecule has 1 fully saturated rings. The number of aryl methyl sites for hydroxylation is 1. The highest BCUT2D eigenvalue weighted by atomic mass is 32.1. The van der Waals surface area contributed by atoms with Crippen LogP contribution >= 0.6 is 11.3 Å². The molecule has 2 aromatic rings. The van der Waals surface area contributed by atoms with Crippen LogP contribution in [0.25, 0.3) is 0 Å². The molecule has 1 N–H and O–H groups in total. The van der Waals surface area contributed by atoms with Gasteiger partial charge in [-0.15, -0.1) is 11.3 Å². The third-order valence-electron chi connectivity index (χ3n) is 6.25. The fourth-order valence-corrected chi connectivity index (χ4v) is 5.71. The average molecular weight is 409 g/mol. The first kappa shape index (κ1) is 20.3. The van der Waals surface area contributed by atoms with Gasteiger partial charge in [0.15, 0.2) is 0 Å². The first-order valence-electron chi connectivity index (χ1n) is 11.2. The first-order valence-corrected chi connectivity index (χ1v) is 12.0. The predicted octanol–water partition coefficient (Wildman–Crippen LogP) is 6.56. The smallest absolute Gasteiger partial charge is 0.254 e. The molecule has 0 saturated heterocycles. The number of carbonyl (C=O) groups excluding carboxylic acids is 1. The van der Waals surface area contributed by atoms with Crippen LogP contribution in [0.4, 0.5) is 5.00 Å². The van der Waals surface area contributed by atoms with Crippen molar-refractivity contribution in [1.82, 2.24) is 5.32 Å². The van der Waals surface area contributed by atoms with E-state index in [0.717, 1.165) is 41.8 Å². The molecule has 1 amide bonds. The molecule has 0 atom stereocenters. The highest BCUT2D eigenvalue weighted by Crippen LogP contribution is 2.40. The van der Waals surface area contributed by atoms with Gasteiger partial charge in [-0.2, -0.15) is 0 Å². The lowest BCUT2D eigenvalue weighted by Gasteiger charge is -2.23. The van der Waals surface area contributed by atoms with Gasteiger partial charge in [-0.05, 0) is 61.1 Å². The lowest BCUT2D eigenvalue weighted by Crippen LogP contribution is -2.36.